The number of hydrogen-bond donors (Lipinski definition) is 1. The lowest BCUT2D eigenvalue weighted by atomic mass is 9.87. The second kappa shape index (κ2) is 9.65. The molecule has 0 radical (unpaired) electrons. The topological polar surface area (TPSA) is 67.9 Å². The molecule has 0 aromatic heterocycles. The number of methoxy groups -OCH3 is 2. The maximum absolute atomic E-state index is 13.2. The van der Waals surface area contributed by atoms with Gasteiger partial charge in [0.2, 0.25) is 11.8 Å². The zero-order valence-corrected chi connectivity index (χ0v) is 18.1. The van der Waals surface area contributed by atoms with Crippen LogP contribution in [0.5, 0.6) is 11.5 Å². The van der Waals surface area contributed by atoms with Gasteiger partial charge < -0.3 is 19.7 Å². The Morgan fingerprint density at radius 3 is 2.43 bits per heavy atom. The molecule has 0 aliphatic carbocycles. The van der Waals surface area contributed by atoms with Crippen molar-refractivity contribution in [2.24, 2.45) is 11.8 Å². The molecule has 1 aliphatic heterocycles. The average molecular weight is 411 g/mol. The highest BCUT2D eigenvalue weighted by Gasteiger charge is 2.42. The summed E-state index contributed by atoms with van der Waals surface area (Å²) in [4.78, 5) is 27.7. The van der Waals surface area contributed by atoms with Crippen LogP contribution in [-0.2, 0) is 16.1 Å². The summed E-state index contributed by atoms with van der Waals surface area (Å²) in [6, 6.07) is 15.4. The molecule has 2 amide bonds. The van der Waals surface area contributed by atoms with Crippen LogP contribution in [0, 0.1) is 11.8 Å². The van der Waals surface area contributed by atoms with E-state index in [4.69, 9.17) is 9.47 Å². The average Bonchev–Trinajstić information content (AvgIpc) is 3.22. The number of amides is 2. The molecule has 0 spiro atoms. The molecular weight excluding hydrogens is 380 g/mol. The van der Waals surface area contributed by atoms with Gasteiger partial charge in [0.1, 0.15) is 11.5 Å². The molecule has 2 aromatic carbocycles. The molecule has 30 heavy (non-hydrogen) atoms. The maximum atomic E-state index is 13.2. The number of carbonyl (C=O) groups excluding carboxylic acids is 2. The molecule has 1 N–H and O–H groups in total. The van der Waals surface area contributed by atoms with Crippen LogP contribution < -0.4 is 14.8 Å². The van der Waals surface area contributed by atoms with E-state index in [2.05, 4.69) is 5.32 Å². The summed E-state index contributed by atoms with van der Waals surface area (Å²) in [5, 5.41) is 3.05. The molecule has 2 atom stereocenters. The summed E-state index contributed by atoms with van der Waals surface area (Å²) in [7, 11) is 3.22. The van der Waals surface area contributed by atoms with Gasteiger partial charge in [0.25, 0.3) is 0 Å². The monoisotopic (exact) mass is 410 g/mol. The van der Waals surface area contributed by atoms with Crippen molar-refractivity contribution in [2.45, 2.75) is 26.3 Å². The molecule has 1 aliphatic rings. The SMILES string of the molecule is COc1ccc(OC)c(C2CN(C(=O)C(C)C)CC2C(=O)NCc2ccccc2)c1. The van der Waals surface area contributed by atoms with Crippen molar-refractivity contribution < 1.29 is 19.1 Å². The first-order chi connectivity index (χ1) is 14.4. The van der Waals surface area contributed by atoms with E-state index in [1.54, 1.807) is 19.1 Å². The van der Waals surface area contributed by atoms with E-state index in [1.807, 2.05) is 62.4 Å². The van der Waals surface area contributed by atoms with Gasteiger partial charge in [-0.15, -0.1) is 0 Å². The normalized spacial score (nSPS) is 18.4. The number of carbonyl (C=O) groups is 2. The Hall–Kier alpha value is -3.02. The minimum Gasteiger partial charge on any atom is -0.497 e. The summed E-state index contributed by atoms with van der Waals surface area (Å²) in [5.41, 5.74) is 1.92. The number of likely N-dealkylation sites (tertiary alicyclic amines) is 1. The fraction of sp³-hybridized carbons (Fsp3) is 0.417. The summed E-state index contributed by atoms with van der Waals surface area (Å²) >= 11 is 0. The Kier molecular flexibility index (Phi) is 6.98. The van der Waals surface area contributed by atoms with E-state index < -0.39 is 0 Å². The second-order valence-corrected chi connectivity index (χ2v) is 7.92. The molecule has 2 aromatic rings. The summed E-state index contributed by atoms with van der Waals surface area (Å²) in [5.74, 6) is 0.728. The van der Waals surface area contributed by atoms with Crippen molar-refractivity contribution in [1.29, 1.82) is 0 Å². The van der Waals surface area contributed by atoms with Crippen LogP contribution in [0.25, 0.3) is 0 Å². The van der Waals surface area contributed by atoms with Crippen molar-refractivity contribution in [1.82, 2.24) is 10.2 Å². The summed E-state index contributed by atoms with van der Waals surface area (Å²) < 4.78 is 11.0. The van der Waals surface area contributed by atoms with Crippen LogP contribution >= 0.6 is 0 Å². The molecule has 1 fully saturated rings. The molecule has 1 heterocycles. The molecule has 0 saturated carbocycles. The first-order valence-electron chi connectivity index (χ1n) is 10.3. The fourth-order valence-corrected chi connectivity index (χ4v) is 3.98. The number of nitrogens with one attached hydrogen (secondary N) is 1. The van der Waals surface area contributed by atoms with Gasteiger partial charge >= 0.3 is 0 Å². The number of rotatable bonds is 7. The highest BCUT2D eigenvalue weighted by atomic mass is 16.5. The summed E-state index contributed by atoms with van der Waals surface area (Å²) in [6.45, 7) is 5.08. The lowest BCUT2D eigenvalue weighted by molar-refractivity contribution is -0.133. The van der Waals surface area contributed by atoms with Gasteiger partial charge in [-0.05, 0) is 23.8 Å². The van der Waals surface area contributed by atoms with Gasteiger partial charge in [0.05, 0.1) is 20.1 Å². The van der Waals surface area contributed by atoms with E-state index in [-0.39, 0.29) is 29.6 Å². The minimum absolute atomic E-state index is 0.0558. The van der Waals surface area contributed by atoms with Crippen molar-refractivity contribution in [2.75, 3.05) is 27.3 Å². The van der Waals surface area contributed by atoms with Crippen molar-refractivity contribution in [3.05, 3.63) is 59.7 Å². The smallest absolute Gasteiger partial charge is 0.225 e. The molecule has 3 rings (SSSR count). The number of benzene rings is 2. The van der Waals surface area contributed by atoms with Crippen LogP contribution in [0.1, 0.15) is 30.9 Å². The molecule has 6 nitrogen and oxygen atoms in total. The lowest BCUT2D eigenvalue weighted by Crippen LogP contribution is -2.36. The van der Waals surface area contributed by atoms with Gasteiger partial charge in [0.15, 0.2) is 0 Å². The lowest BCUT2D eigenvalue weighted by Gasteiger charge is -2.21. The minimum atomic E-state index is -0.364. The fourth-order valence-electron chi connectivity index (χ4n) is 3.98. The molecule has 0 bridgehead atoms. The third-order valence-electron chi connectivity index (χ3n) is 5.61. The van der Waals surface area contributed by atoms with Crippen LogP contribution in [0.3, 0.4) is 0 Å². The largest absolute Gasteiger partial charge is 0.497 e. The van der Waals surface area contributed by atoms with Gasteiger partial charge in [-0.25, -0.2) is 0 Å². The second-order valence-electron chi connectivity index (χ2n) is 7.92. The van der Waals surface area contributed by atoms with Gasteiger partial charge in [-0.2, -0.15) is 0 Å². The Labute approximate surface area is 178 Å². The Bertz CT molecular complexity index is 882. The Morgan fingerprint density at radius 1 is 1.07 bits per heavy atom. The predicted octanol–water partition coefficient (Wildman–Crippen LogP) is 3.22. The highest BCUT2D eigenvalue weighted by Crippen LogP contribution is 2.40. The molecule has 1 saturated heterocycles. The van der Waals surface area contributed by atoms with E-state index in [9.17, 15) is 9.59 Å². The van der Waals surface area contributed by atoms with E-state index in [1.165, 1.54) is 0 Å². The van der Waals surface area contributed by atoms with Crippen molar-refractivity contribution >= 4 is 11.8 Å². The Morgan fingerprint density at radius 2 is 1.80 bits per heavy atom. The Balaban J connectivity index is 1.87. The van der Waals surface area contributed by atoms with Gasteiger partial charge in [-0.3, -0.25) is 9.59 Å². The van der Waals surface area contributed by atoms with Crippen molar-refractivity contribution in [3.63, 3.8) is 0 Å². The predicted molar refractivity (Wildman–Crippen MR) is 115 cm³/mol. The maximum Gasteiger partial charge on any atom is 0.225 e. The highest BCUT2D eigenvalue weighted by molar-refractivity contribution is 5.84. The van der Waals surface area contributed by atoms with Gasteiger partial charge in [0, 0.05) is 37.0 Å². The number of hydrogen-bond acceptors (Lipinski definition) is 4. The number of nitrogens with zero attached hydrogens (tertiary/aromatic N) is 1. The molecule has 6 heteroatoms. The first-order valence-corrected chi connectivity index (χ1v) is 10.3. The standard InChI is InChI=1S/C24H30N2O4/c1-16(2)24(28)26-14-20(19-12-18(29-3)10-11-22(19)30-4)21(15-26)23(27)25-13-17-8-6-5-7-9-17/h5-12,16,20-21H,13-15H2,1-4H3,(H,25,27). The number of ether oxygens (including phenoxy) is 2. The van der Waals surface area contributed by atoms with Crippen LogP contribution in [0.4, 0.5) is 0 Å². The van der Waals surface area contributed by atoms with Crippen LogP contribution in [0.2, 0.25) is 0 Å². The summed E-state index contributed by atoms with van der Waals surface area (Å²) in [6.07, 6.45) is 0. The zero-order chi connectivity index (χ0) is 21.7. The molecule has 160 valence electrons. The third-order valence-corrected chi connectivity index (χ3v) is 5.61. The third kappa shape index (κ3) is 4.75. The van der Waals surface area contributed by atoms with Crippen LogP contribution in [-0.4, -0.2) is 44.0 Å². The zero-order valence-electron chi connectivity index (χ0n) is 18.1. The molecule has 2 unspecified atom stereocenters. The quantitative estimate of drug-likeness (QED) is 0.761. The molecular formula is C24H30N2O4. The van der Waals surface area contributed by atoms with E-state index in [0.717, 1.165) is 11.1 Å². The van der Waals surface area contributed by atoms with Gasteiger partial charge in [-0.1, -0.05) is 44.2 Å². The van der Waals surface area contributed by atoms with Crippen LogP contribution in [0.15, 0.2) is 48.5 Å². The first kappa shape index (κ1) is 21.7. The van der Waals surface area contributed by atoms with E-state index in [0.29, 0.717) is 31.1 Å². The van der Waals surface area contributed by atoms with E-state index >= 15 is 0 Å². The van der Waals surface area contributed by atoms with Crippen molar-refractivity contribution in [3.8, 4) is 11.5 Å².